The van der Waals surface area contributed by atoms with Gasteiger partial charge in [-0.2, -0.15) is 13.2 Å². The molecule has 0 aliphatic rings. The predicted octanol–water partition coefficient (Wildman–Crippen LogP) is 4.70. The second-order valence-corrected chi connectivity index (χ2v) is 7.05. The molecule has 0 spiro atoms. The number of rotatable bonds is 11. The minimum Gasteiger partial charge on any atom is -0.489 e. The molecule has 8 nitrogen and oxygen atoms in total. The summed E-state index contributed by atoms with van der Waals surface area (Å²) in [5, 5.41) is 2.27. The second kappa shape index (κ2) is 11.9. The largest absolute Gasteiger partial charge is 0.489 e. The maximum Gasteiger partial charge on any atom is 0.416 e. The average Bonchev–Trinajstić information content (AvgIpc) is 3.31. The molecule has 0 fully saturated rings. The Morgan fingerprint density at radius 2 is 1.77 bits per heavy atom. The number of hydrogen-bond acceptors (Lipinski definition) is 7. The molecule has 3 rings (SSSR count). The molecule has 0 radical (unpaired) electrons. The van der Waals surface area contributed by atoms with Crippen LogP contribution in [0.3, 0.4) is 0 Å². The van der Waals surface area contributed by atoms with Crippen LogP contribution in [0.4, 0.5) is 18.9 Å². The number of halogens is 3. The van der Waals surface area contributed by atoms with Crippen LogP contribution in [0.15, 0.2) is 65.3 Å². The summed E-state index contributed by atoms with van der Waals surface area (Å²) in [5.41, 5.74) is -0.819. The van der Waals surface area contributed by atoms with Crippen LogP contribution in [0.25, 0.3) is 0 Å². The molecule has 0 atom stereocenters. The van der Waals surface area contributed by atoms with Gasteiger partial charge in [-0.15, -0.1) is 0 Å². The molecular weight excluding hydrogens is 471 g/mol. The van der Waals surface area contributed by atoms with Crippen molar-refractivity contribution in [3.63, 3.8) is 0 Å². The van der Waals surface area contributed by atoms with Gasteiger partial charge in [0.25, 0.3) is 5.91 Å². The van der Waals surface area contributed by atoms with Crippen molar-refractivity contribution in [1.29, 1.82) is 0 Å². The lowest BCUT2D eigenvalue weighted by Gasteiger charge is -2.15. The molecule has 3 aromatic rings. The van der Waals surface area contributed by atoms with Crippen LogP contribution < -0.4 is 14.8 Å². The summed E-state index contributed by atoms with van der Waals surface area (Å²) in [6.07, 6.45) is -3.36. The maximum absolute atomic E-state index is 13.1. The fourth-order valence-electron chi connectivity index (χ4n) is 2.85. The van der Waals surface area contributed by atoms with E-state index in [1.165, 1.54) is 19.4 Å². The molecule has 2 aromatic carbocycles. The van der Waals surface area contributed by atoms with Crippen molar-refractivity contribution in [3.05, 3.63) is 77.7 Å². The lowest BCUT2D eigenvalue weighted by molar-refractivity contribution is -0.137. The van der Waals surface area contributed by atoms with Gasteiger partial charge in [0.2, 0.25) is 5.76 Å². The molecule has 35 heavy (non-hydrogen) atoms. The van der Waals surface area contributed by atoms with Crippen LogP contribution in [-0.2, 0) is 27.1 Å². The molecule has 0 saturated carbocycles. The molecule has 1 aromatic heterocycles. The molecule has 1 heterocycles. The van der Waals surface area contributed by atoms with Gasteiger partial charge >= 0.3 is 12.1 Å². The highest BCUT2D eigenvalue weighted by Crippen LogP contribution is 2.35. The highest BCUT2D eigenvalue weighted by Gasteiger charge is 2.31. The number of methoxy groups -OCH3 is 1. The molecule has 11 heteroatoms. The fourth-order valence-corrected chi connectivity index (χ4v) is 2.85. The van der Waals surface area contributed by atoms with Gasteiger partial charge in [0, 0.05) is 12.7 Å². The summed E-state index contributed by atoms with van der Waals surface area (Å²) in [6.45, 7) is -0.520. The zero-order valence-electron chi connectivity index (χ0n) is 18.6. The minimum atomic E-state index is -4.63. The van der Waals surface area contributed by atoms with Gasteiger partial charge in [0.15, 0.2) is 6.61 Å². The van der Waals surface area contributed by atoms with Gasteiger partial charge in [0.05, 0.1) is 24.1 Å². The SMILES string of the molecule is COCCOc1ccc(C(F)(F)F)cc1NC(=O)COC(=O)c1occc1COc1ccccc1. The molecule has 0 unspecified atom stereocenters. The first-order valence-electron chi connectivity index (χ1n) is 10.3. The van der Waals surface area contributed by atoms with Crippen molar-refractivity contribution in [2.45, 2.75) is 12.8 Å². The highest BCUT2D eigenvalue weighted by molar-refractivity contribution is 5.96. The Balaban J connectivity index is 1.61. The van der Waals surface area contributed by atoms with Gasteiger partial charge in [-0.25, -0.2) is 4.79 Å². The number of carbonyl (C=O) groups is 2. The van der Waals surface area contributed by atoms with Crippen molar-refractivity contribution >= 4 is 17.6 Å². The summed E-state index contributed by atoms with van der Waals surface area (Å²) in [5.74, 6) is -1.38. The van der Waals surface area contributed by atoms with E-state index in [1.54, 1.807) is 24.3 Å². The third kappa shape index (κ3) is 7.51. The van der Waals surface area contributed by atoms with E-state index in [2.05, 4.69) is 5.32 Å². The third-order valence-corrected chi connectivity index (χ3v) is 4.53. The Bertz CT molecular complexity index is 1130. The predicted molar refractivity (Wildman–Crippen MR) is 117 cm³/mol. The number of para-hydroxylation sites is 1. The molecule has 186 valence electrons. The van der Waals surface area contributed by atoms with Crippen LogP contribution in [0.2, 0.25) is 0 Å². The lowest BCUT2D eigenvalue weighted by Crippen LogP contribution is -2.22. The number of furan rings is 1. The zero-order valence-corrected chi connectivity index (χ0v) is 18.6. The van der Waals surface area contributed by atoms with Gasteiger partial charge in [-0.05, 0) is 36.4 Å². The van der Waals surface area contributed by atoms with E-state index in [1.807, 2.05) is 6.07 Å². The van der Waals surface area contributed by atoms with E-state index < -0.39 is 30.2 Å². The minimum absolute atomic E-state index is 0.00103. The number of carbonyl (C=O) groups excluding carboxylic acids is 2. The summed E-state index contributed by atoms with van der Waals surface area (Å²) in [6, 6.07) is 13.0. The van der Waals surface area contributed by atoms with E-state index in [4.69, 9.17) is 23.4 Å². The molecule has 0 aliphatic carbocycles. The van der Waals surface area contributed by atoms with Gasteiger partial charge < -0.3 is 28.7 Å². The Morgan fingerprint density at radius 1 is 1.00 bits per heavy atom. The molecule has 1 N–H and O–H groups in total. The second-order valence-electron chi connectivity index (χ2n) is 7.05. The molecule has 0 aliphatic heterocycles. The monoisotopic (exact) mass is 493 g/mol. The number of anilines is 1. The Labute approximate surface area is 198 Å². The summed E-state index contributed by atoms with van der Waals surface area (Å²) >= 11 is 0. The van der Waals surface area contributed by atoms with Crippen molar-refractivity contribution in [1.82, 2.24) is 0 Å². The van der Waals surface area contributed by atoms with E-state index in [-0.39, 0.29) is 37.0 Å². The zero-order chi connectivity index (χ0) is 25.3. The van der Waals surface area contributed by atoms with Crippen LogP contribution >= 0.6 is 0 Å². The quantitative estimate of drug-likeness (QED) is 0.306. The van der Waals surface area contributed by atoms with Gasteiger partial charge in [-0.3, -0.25) is 4.79 Å². The van der Waals surface area contributed by atoms with Crippen LogP contribution in [-0.4, -0.2) is 38.8 Å². The number of nitrogens with one attached hydrogen (secondary N) is 1. The highest BCUT2D eigenvalue weighted by atomic mass is 19.4. The number of ether oxygens (including phenoxy) is 4. The molecule has 0 bridgehead atoms. The van der Waals surface area contributed by atoms with Crippen LogP contribution in [0.1, 0.15) is 21.7 Å². The van der Waals surface area contributed by atoms with Crippen LogP contribution in [0.5, 0.6) is 11.5 Å². The van der Waals surface area contributed by atoms with E-state index in [9.17, 15) is 22.8 Å². The normalized spacial score (nSPS) is 11.1. The summed E-state index contributed by atoms with van der Waals surface area (Å²) < 4.78 is 65.2. The number of amides is 1. The Hall–Kier alpha value is -3.99. The van der Waals surface area contributed by atoms with Crippen molar-refractivity contribution in [2.24, 2.45) is 0 Å². The number of alkyl halides is 3. The first-order chi connectivity index (χ1) is 16.8. The number of benzene rings is 2. The molecule has 1 amide bonds. The van der Waals surface area contributed by atoms with Crippen molar-refractivity contribution in [2.75, 3.05) is 32.2 Å². The van der Waals surface area contributed by atoms with Crippen molar-refractivity contribution in [3.8, 4) is 11.5 Å². The summed E-state index contributed by atoms with van der Waals surface area (Å²) in [7, 11) is 1.44. The lowest BCUT2D eigenvalue weighted by atomic mass is 10.1. The van der Waals surface area contributed by atoms with Crippen molar-refractivity contribution < 1.29 is 46.1 Å². The number of esters is 1. The smallest absolute Gasteiger partial charge is 0.416 e. The fraction of sp³-hybridized carbons (Fsp3) is 0.250. The van der Waals surface area contributed by atoms with E-state index in [0.29, 0.717) is 11.3 Å². The third-order valence-electron chi connectivity index (χ3n) is 4.53. The van der Waals surface area contributed by atoms with Gasteiger partial charge in [-0.1, -0.05) is 18.2 Å². The molecule has 0 saturated heterocycles. The first kappa shape index (κ1) is 25.6. The van der Waals surface area contributed by atoms with Gasteiger partial charge in [0.1, 0.15) is 24.7 Å². The Morgan fingerprint density at radius 3 is 2.49 bits per heavy atom. The van der Waals surface area contributed by atoms with Crippen LogP contribution in [0, 0.1) is 0 Å². The summed E-state index contributed by atoms with van der Waals surface area (Å²) in [4.78, 5) is 24.7. The molecular formula is C24H22F3NO7. The topological polar surface area (TPSA) is 96.2 Å². The standard InChI is InChI=1S/C24H22F3NO7/c1-31-11-12-32-20-8-7-17(24(25,26)27)13-19(20)28-21(29)15-35-23(30)22-16(9-10-33-22)14-34-18-5-3-2-4-6-18/h2-10,13H,11-12,14-15H2,1H3,(H,28,29). The maximum atomic E-state index is 13.1. The van der Waals surface area contributed by atoms with E-state index >= 15 is 0 Å². The average molecular weight is 493 g/mol. The Kier molecular flexibility index (Phi) is 8.74. The first-order valence-corrected chi connectivity index (χ1v) is 10.3. The number of hydrogen-bond donors (Lipinski definition) is 1. The van der Waals surface area contributed by atoms with E-state index in [0.717, 1.165) is 18.2 Å².